The second-order valence-electron chi connectivity index (χ2n) is 3.19. The molecule has 0 heterocycles. The van der Waals surface area contributed by atoms with Gasteiger partial charge in [0.1, 0.15) is 10.6 Å². The Bertz CT molecular complexity index is 444. The Morgan fingerprint density at radius 1 is 1.39 bits per heavy atom. The third-order valence-corrected chi connectivity index (χ3v) is 2.22. The highest BCUT2D eigenvalue weighted by Gasteiger charge is 2.13. The maximum atomic E-state index is 13.0. The predicted molar refractivity (Wildman–Crippen MR) is 65.4 cm³/mol. The van der Waals surface area contributed by atoms with Gasteiger partial charge in [0, 0.05) is 18.7 Å². The van der Waals surface area contributed by atoms with Gasteiger partial charge in [-0.15, -0.1) is 23.2 Å². The van der Waals surface area contributed by atoms with Crippen molar-refractivity contribution in [3.05, 3.63) is 23.8 Å². The predicted octanol–water partition coefficient (Wildman–Crippen LogP) is 2.90. The average Bonchev–Trinajstić information content (AvgIpc) is 2.31. The minimum Gasteiger partial charge on any atom is -0.494 e. The highest BCUT2D eigenvalue weighted by molar-refractivity contribution is 6.44. The first-order chi connectivity index (χ1) is 8.43. The van der Waals surface area contributed by atoms with Crippen LogP contribution in [0.15, 0.2) is 12.1 Å². The number of ether oxygens (including phenoxy) is 1. The van der Waals surface area contributed by atoms with Crippen molar-refractivity contribution < 1.29 is 18.3 Å². The van der Waals surface area contributed by atoms with Gasteiger partial charge in [0.25, 0.3) is 0 Å². The Labute approximate surface area is 112 Å². The molecule has 0 spiro atoms. The molecular formula is C10H10Cl2F2N2O2. The first-order valence-corrected chi connectivity index (χ1v) is 5.67. The number of hydrogen-bond donors (Lipinski definition) is 2. The molecule has 0 atom stereocenters. The van der Waals surface area contributed by atoms with Gasteiger partial charge < -0.3 is 15.4 Å². The van der Waals surface area contributed by atoms with Gasteiger partial charge in [-0.2, -0.15) is 0 Å². The molecule has 0 aliphatic rings. The lowest BCUT2D eigenvalue weighted by Crippen LogP contribution is -2.32. The number of anilines is 1. The lowest BCUT2D eigenvalue weighted by atomic mass is 10.2. The van der Waals surface area contributed by atoms with Crippen LogP contribution in [0, 0.1) is 11.6 Å². The molecule has 1 aromatic rings. The van der Waals surface area contributed by atoms with E-state index in [9.17, 15) is 13.6 Å². The van der Waals surface area contributed by atoms with Crippen molar-refractivity contribution in [2.75, 3.05) is 19.0 Å². The fraction of sp³-hybridized carbons (Fsp3) is 0.300. The molecular weight excluding hydrogens is 289 g/mol. The number of benzene rings is 1. The summed E-state index contributed by atoms with van der Waals surface area (Å²) in [6, 6.07) is 0.981. The van der Waals surface area contributed by atoms with E-state index >= 15 is 0 Å². The van der Waals surface area contributed by atoms with E-state index in [1.807, 2.05) is 0 Å². The van der Waals surface area contributed by atoms with Crippen LogP contribution in [0.5, 0.6) is 5.75 Å². The van der Waals surface area contributed by atoms with Crippen LogP contribution in [0.25, 0.3) is 0 Å². The summed E-state index contributed by atoms with van der Waals surface area (Å²) in [5.41, 5.74) is -0.00500. The normalized spacial score (nSPS) is 10.3. The standard InChI is InChI=1S/C10H10Cl2F2N2O2/c1-18-8-3-6(14)5(13)2-7(8)16-10(17)15-4-9(11)12/h2-3,9H,4H2,1H3,(H2,15,16,17). The van der Waals surface area contributed by atoms with Crippen LogP contribution in [0.2, 0.25) is 0 Å². The van der Waals surface area contributed by atoms with Crippen LogP contribution in [0.4, 0.5) is 19.3 Å². The van der Waals surface area contributed by atoms with Crippen LogP contribution < -0.4 is 15.4 Å². The number of carbonyl (C=O) groups excluding carboxylic acids is 1. The molecule has 8 heteroatoms. The number of hydrogen-bond acceptors (Lipinski definition) is 2. The van der Waals surface area contributed by atoms with Gasteiger partial charge in [-0.05, 0) is 0 Å². The van der Waals surface area contributed by atoms with Crippen molar-refractivity contribution in [2.45, 2.75) is 4.84 Å². The number of alkyl halides is 2. The van der Waals surface area contributed by atoms with Crippen molar-refractivity contribution in [1.29, 1.82) is 0 Å². The third kappa shape index (κ3) is 4.19. The van der Waals surface area contributed by atoms with Crippen molar-refractivity contribution >= 4 is 34.9 Å². The van der Waals surface area contributed by atoms with E-state index in [0.717, 1.165) is 12.1 Å². The summed E-state index contributed by atoms with van der Waals surface area (Å²) in [4.78, 5) is 10.6. The summed E-state index contributed by atoms with van der Waals surface area (Å²) < 4.78 is 30.7. The van der Waals surface area contributed by atoms with Gasteiger partial charge in [-0.25, -0.2) is 13.6 Å². The SMILES string of the molecule is COc1cc(F)c(F)cc1NC(=O)NCC(Cl)Cl. The van der Waals surface area contributed by atoms with Crippen molar-refractivity contribution in [3.63, 3.8) is 0 Å². The van der Waals surface area contributed by atoms with Crippen molar-refractivity contribution in [2.24, 2.45) is 0 Å². The Balaban J connectivity index is 2.77. The molecule has 2 amide bonds. The zero-order valence-corrected chi connectivity index (χ0v) is 10.8. The Morgan fingerprint density at radius 3 is 2.56 bits per heavy atom. The number of urea groups is 1. The quantitative estimate of drug-likeness (QED) is 0.840. The first-order valence-electron chi connectivity index (χ1n) is 4.80. The number of carbonyl (C=O) groups is 1. The van der Waals surface area contributed by atoms with Crippen molar-refractivity contribution in [3.8, 4) is 5.75 Å². The van der Waals surface area contributed by atoms with Crippen LogP contribution in [-0.4, -0.2) is 24.5 Å². The molecule has 0 aliphatic heterocycles. The molecule has 0 bridgehead atoms. The van der Waals surface area contributed by atoms with E-state index < -0.39 is 22.5 Å². The third-order valence-electron chi connectivity index (χ3n) is 1.91. The fourth-order valence-corrected chi connectivity index (χ4v) is 1.29. The maximum absolute atomic E-state index is 13.0. The minimum absolute atomic E-state index is 0.00246. The molecule has 1 rings (SSSR count). The topological polar surface area (TPSA) is 50.4 Å². The Hall–Kier alpha value is -1.27. The highest BCUT2D eigenvalue weighted by Crippen LogP contribution is 2.26. The van der Waals surface area contributed by atoms with E-state index in [2.05, 4.69) is 10.6 Å². The molecule has 0 unspecified atom stereocenters. The van der Waals surface area contributed by atoms with Gasteiger partial charge >= 0.3 is 6.03 Å². The summed E-state index contributed by atoms with van der Waals surface area (Å²) in [6.07, 6.45) is 0. The summed E-state index contributed by atoms with van der Waals surface area (Å²) in [5.74, 6) is -2.17. The largest absolute Gasteiger partial charge is 0.494 e. The molecule has 4 nitrogen and oxygen atoms in total. The number of amides is 2. The van der Waals surface area contributed by atoms with Gasteiger partial charge in [-0.1, -0.05) is 0 Å². The number of methoxy groups -OCH3 is 1. The minimum atomic E-state index is -1.10. The summed E-state index contributed by atoms with van der Waals surface area (Å²) in [6.45, 7) is 0.0148. The molecule has 0 fully saturated rings. The van der Waals surface area contributed by atoms with E-state index in [1.165, 1.54) is 7.11 Å². The molecule has 0 radical (unpaired) electrons. The smallest absolute Gasteiger partial charge is 0.319 e. The van der Waals surface area contributed by atoms with E-state index in [-0.39, 0.29) is 18.0 Å². The van der Waals surface area contributed by atoms with Gasteiger partial charge in [0.15, 0.2) is 11.6 Å². The highest BCUT2D eigenvalue weighted by atomic mass is 35.5. The van der Waals surface area contributed by atoms with Crippen LogP contribution in [0.1, 0.15) is 0 Å². The van der Waals surface area contributed by atoms with Crippen LogP contribution >= 0.6 is 23.2 Å². The summed E-state index contributed by atoms with van der Waals surface area (Å²) in [7, 11) is 1.27. The monoisotopic (exact) mass is 298 g/mol. The summed E-state index contributed by atoms with van der Waals surface area (Å²) in [5, 5.41) is 4.62. The zero-order valence-electron chi connectivity index (χ0n) is 9.27. The van der Waals surface area contributed by atoms with E-state index in [1.54, 1.807) is 0 Å². The maximum Gasteiger partial charge on any atom is 0.319 e. The molecule has 100 valence electrons. The first kappa shape index (κ1) is 14.8. The van der Waals surface area contributed by atoms with Crippen LogP contribution in [-0.2, 0) is 0 Å². The Kier molecular flexibility index (Phi) is 5.43. The number of rotatable bonds is 4. The number of nitrogens with one attached hydrogen (secondary N) is 2. The molecule has 0 aliphatic carbocycles. The van der Waals surface area contributed by atoms with E-state index in [0.29, 0.717) is 0 Å². The van der Waals surface area contributed by atoms with Gasteiger partial charge in [0.05, 0.1) is 12.8 Å². The second kappa shape index (κ2) is 6.61. The van der Waals surface area contributed by atoms with E-state index in [4.69, 9.17) is 27.9 Å². The van der Waals surface area contributed by atoms with Gasteiger partial charge in [-0.3, -0.25) is 0 Å². The lowest BCUT2D eigenvalue weighted by Gasteiger charge is -2.11. The Morgan fingerprint density at radius 2 is 2.00 bits per heavy atom. The molecule has 18 heavy (non-hydrogen) atoms. The molecule has 0 saturated carbocycles. The van der Waals surface area contributed by atoms with Crippen LogP contribution in [0.3, 0.4) is 0 Å². The molecule has 0 saturated heterocycles. The zero-order chi connectivity index (χ0) is 13.7. The molecule has 0 aromatic heterocycles. The number of halogens is 4. The van der Waals surface area contributed by atoms with Gasteiger partial charge in [0.2, 0.25) is 0 Å². The lowest BCUT2D eigenvalue weighted by molar-refractivity contribution is 0.252. The fourth-order valence-electron chi connectivity index (χ4n) is 1.13. The second-order valence-corrected chi connectivity index (χ2v) is 4.47. The summed E-state index contributed by atoms with van der Waals surface area (Å²) >= 11 is 10.8. The molecule has 2 N–H and O–H groups in total. The molecule has 1 aromatic carbocycles. The van der Waals surface area contributed by atoms with Crippen molar-refractivity contribution in [1.82, 2.24) is 5.32 Å². The average molecular weight is 299 g/mol.